The van der Waals surface area contributed by atoms with E-state index in [1.54, 1.807) is 0 Å². The van der Waals surface area contributed by atoms with Gasteiger partial charge in [0.15, 0.2) is 0 Å². The van der Waals surface area contributed by atoms with E-state index in [0.717, 1.165) is 12.8 Å². The van der Waals surface area contributed by atoms with Crippen LogP contribution in [0.3, 0.4) is 0 Å². The average molecular weight is 148 g/mol. The standard InChI is InChI=1S/C5H10O2.CH2O2/c1-2-3-4-7-5-6;2-1-3/h5H,2-4H2,1H3;1H,(H,2,3). The van der Waals surface area contributed by atoms with Crippen molar-refractivity contribution < 1.29 is 19.4 Å². The summed E-state index contributed by atoms with van der Waals surface area (Å²) in [4.78, 5) is 17.8. The second kappa shape index (κ2) is 15.7. The molecule has 0 aromatic rings. The summed E-state index contributed by atoms with van der Waals surface area (Å²) in [6, 6.07) is 0. The minimum atomic E-state index is -0.250. The highest BCUT2D eigenvalue weighted by atomic mass is 16.5. The minimum absolute atomic E-state index is 0.250. The van der Waals surface area contributed by atoms with Gasteiger partial charge in [-0.05, 0) is 6.42 Å². The number of hydrogen-bond donors (Lipinski definition) is 1. The first-order chi connectivity index (χ1) is 4.83. The summed E-state index contributed by atoms with van der Waals surface area (Å²) in [5, 5.41) is 6.89. The van der Waals surface area contributed by atoms with Gasteiger partial charge in [0, 0.05) is 0 Å². The molecule has 10 heavy (non-hydrogen) atoms. The first kappa shape index (κ1) is 11.7. The zero-order valence-electron chi connectivity index (χ0n) is 5.95. The monoisotopic (exact) mass is 148 g/mol. The van der Waals surface area contributed by atoms with E-state index in [2.05, 4.69) is 4.74 Å². The van der Waals surface area contributed by atoms with Crippen molar-refractivity contribution in [2.75, 3.05) is 6.61 Å². The summed E-state index contributed by atoms with van der Waals surface area (Å²) < 4.78 is 4.39. The van der Waals surface area contributed by atoms with E-state index < -0.39 is 0 Å². The highest BCUT2D eigenvalue weighted by Crippen LogP contribution is 1.83. The van der Waals surface area contributed by atoms with Gasteiger partial charge < -0.3 is 9.84 Å². The zero-order chi connectivity index (χ0) is 8.24. The van der Waals surface area contributed by atoms with E-state index in [4.69, 9.17) is 9.90 Å². The maximum atomic E-state index is 9.46. The van der Waals surface area contributed by atoms with Crippen LogP contribution in [-0.4, -0.2) is 24.7 Å². The normalized spacial score (nSPS) is 6.90. The molecule has 0 aliphatic heterocycles. The summed E-state index contributed by atoms with van der Waals surface area (Å²) in [6.45, 7) is 2.85. The van der Waals surface area contributed by atoms with E-state index in [9.17, 15) is 4.79 Å². The van der Waals surface area contributed by atoms with Crippen molar-refractivity contribution in [1.29, 1.82) is 0 Å². The summed E-state index contributed by atoms with van der Waals surface area (Å²) in [5.41, 5.74) is 0. The first-order valence-corrected chi connectivity index (χ1v) is 2.96. The fraction of sp³-hybridized carbons (Fsp3) is 0.667. The molecule has 0 aromatic heterocycles. The Morgan fingerprint density at radius 1 is 1.50 bits per heavy atom. The molecule has 0 radical (unpaired) electrons. The fourth-order valence-electron chi connectivity index (χ4n) is 0.276. The first-order valence-electron chi connectivity index (χ1n) is 2.96. The molecule has 4 heteroatoms. The van der Waals surface area contributed by atoms with Gasteiger partial charge in [-0.2, -0.15) is 0 Å². The van der Waals surface area contributed by atoms with Crippen LogP contribution in [-0.2, 0) is 14.3 Å². The minimum Gasteiger partial charge on any atom is -0.483 e. The molecule has 60 valence electrons. The van der Waals surface area contributed by atoms with Crippen LogP contribution >= 0.6 is 0 Å². The number of unbranched alkanes of at least 4 members (excludes halogenated alkanes) is 1. The Kier molecular flexibility index (Phi) is 18.3. The van der Waals surface area contributed by atoms with Gasteiger partial charge >= 0.3 is 0 Å². The largest absolute Gasteiger partial charge is 0.483 e. The predicted molar refractivity (Wildman–Crippen MR) is 35.6 cm³/mol. The van der Waals surface area contributed by atoms with Gasteiger partial charge in [0.05, 0.1) is 6.61 Å². The molecule has 0 aliphatic rings. The van der Waals surface area contributed by atoms with Crippen molar-refractivity contribution in [3.63, 3.8) is 0 Å². The van der Waals surface area contributed by atoms with Gasteiger partial charge in [0.2, 0.25) is 0 Å². The second-order valence-electron chi connectivity index (χ2n) is 1.43. The number of hydrogen-bond acceptors (Lipinski definition) is 3. The lowest BCUT2D eigenvalue weighted by Gasteiger charge is -1.90. The summed E-state index contributed by atoms with van der Waals surface area (Å²) in [7, 11) is 0. The maximum absolute atomic E-state index is 9.46. The SMILES string of the molecule is CCCCOC=O.O=CO. The van der Waals surface area contributed by atoms with Crippen molar-refractivity contribution in [2.45, 2.75) is 19.8 Å². The van der Waals surface area contributed by atoms with Crippen LogP contribution in [0, 0.1) is 0 Å². The van der Waals surface area contributed by atoms with Gasteiger partial charge in [0.25, 0.3) is 12.9 Å². The van der Waals surface area contributed by atoms with Gasteiger partial charge in [-0.3, -0.25) is 9.59 Å². The van der Waals surface area contributed by atoms with Crippen LogP contribution in [0.15, 0.2) is 0 Å². The fourth-order valence-corrected chi connectivity index (χ4v) is 0.276. The van der Waals surface area contributed by atoms with E-state index in [1.807, 2.05) is 6.92 Å². The van der Waals surface area contributed by atoms with Gasteiger partial charge in [-0.1, -0.05) is 13.3 Å². The van der Waals surface area contributed by atoms with Crippen LogP contribution in [0.5, 0.6) is 0 Å². The third-order valence-electron chi connectivity index (χ3n) is 0.684. The highest BCUT2D eigenvalue weighted by molar-refractivity contribution is 5.36. The zero-order valence-corrected chi connectivity index (χ0v) is 5.95. The van der Waals surface area contributed by atoms with Crippen molar-refractivity contribution in [3.05, 3.63) is 0 Å². The van der Waals surface area contributed by atoms with Crippen molar-refractivity contribution >= 4 is 12.9 Å². The van der Waals surface area contributed by atoms with E-state index in [-0.39, 0.29) is 6.47 Å². The molecule has 0 spiro atoms. The van der Waals surface area contributed by atoms with E-state index in [1.165, 1.54) is 0 Å². The van der Waals surface area contributed by atoms with Crippen LogP contribution < -0.4 is 0 Å². The molecule has 0 bridgehead atoms. The number of carbonyl (C=O) groups excluding carboxylic acids is 1. The molecule has 0 fully saturated rings. The molecular formula is C6H12O4. The van der Waals surface area contributed by atoms with Crippen LogP contribution in [0.1, 0.15) is 19.8 Å². The van der Waals surface area contributed by atoms with Gasteiger partial charge in [0.1, 0.15) is 0 Å². The van der Waals surface area contributed by atoms with Crippen molar-refractivity contribution in [1.82, 2.24) is 0 Å². The lowest BCUT2D eigenvalue weighted by atomic mass is 10.4. The Labute approximate surface area is 59.8 Å². The van der Waals surface area contributed by atoms with E-state index in [0.29, 0.717) is 13.1 Å². The molecular weight excluding hydrogens is 136 g/mol. The Hall–Kier alpha value is -1.06. The molecule has 0 amide bonds. The van der Waals surface area contributed by atoms with Crippen LogP contribution in [0.2, 0.25) is 0 Å². The number of carbonyl (C=O) groups is 2. The number of rotatable bonds is 4. The third kappa shape index (κ3) is 28.3. The Balaban J connectivity index is 0. The Morgan fingerprint density at radius 2 is 2.00 bits per heavy atom. The quantitative estimate of drug-likeness (QED) is 0.470. The number of carboxylic acid groups (broad SMARTS) is 1. The number of ether oxygens (including phenoxy) is 1. The summed E-state index contributed by atoms with van der Waals surface area (Å²) in [6.07, 6.45) is 2.05. The second-order valence-corrected chi connectivity index (χ2v) is 1.43. The summed E-state index contributed by atoms with van der Waals surface area (Å²) >= 11 is 0. The molecule has 0 unspecified atom stereocenters. The van der Waals surface area contributed by atoms with Gasteiger partial charge in [-0.15, -0.1) is 0 Å². The predicted octanol–water partition coefficient (Wildman–Crippen LogP) is 0.660. The molecule has 0 aromatic carbocycles. The van der Waals surface area contributed by atoms with Crippen LogP contribution in [0.25, 0.3) is 0 Å². The third-order valence-corrected chi connectivity index (χ3v) is 0.684. The van der Waals surface area contributed by atoms with Crippen molar-refractivity contribution in [3.8, 4) is 0 Å². The lowest BCUT2D eigenvalue weighted by Crippen LogP contribution is -1.88. The molecule has 0 saturated heterocycles. The smallest absolute Gasteiger partial charge is 0.293 e. The Bertz CT molecular complexity index is 72.1. The molecule has 1 N–H and O–H groups in total. The topological polar surface area (TPSA) is 63.6 Å². The molecule has 0 aliphatic carbocycles. The molecule has 0 rings (SSSR count). The molecule has 0 saturated carbocycles. The van der Waals surface area contributed by atoms with Gasteiger partial charge in [-0.25, -0.2) is 0 Å². The molecule has 0 atom stereocenters. The van der Waals surface area contributed by atoms with Crippen LogP contribution in [0.4, 0.5) is 0 Å². The van der Waals surface area contributed by atoms with Crippen molar-refractivity contribution in [2.24, 2.45) is 0 Å². The Morgan fingerprint density at radius 3 is 2.30 bits per heavy atom. The highest BCUT2D eigenvalue weighted by Gasteiger charge is 1.78. The molecule has 0 heterocycles. The summed E-state index contributed by atoms with van der Waals surface area (Å²) in [5.74, 6) is 0. The maximum Gasteiger partial charge on any atom is 0.293 e. The lowest BCUT2D eigenvalue weighted by molar-refractivity contribution is -0.128. The molecule has 4 nitrogen and oxygen atoms in total. The average Bonchev–Trinajstić information content (AvgIpc) is 1.91. The van der Waals surface area contributed by atoms with E-state index >= 15 is 0 Å².